The van der Waals surface area contributed by atoms with Crippen LogP contribution in [0.2, 0.25) is 5.02 Å². The van der Waals surface area contributed by atoms with Crippen LogP contribution in [0.4, 0.5) is 5.95 Å². The second kappa shape index (κ2) is 9.54. The van der Waals surface area contributed by atoms with Crippen LogP contribution in [-0.2, 0) is 17.1 Å². The number of thioether (sulfide) groups is 1. The van der Waals surface area contributed by atoms with Crippen molar-refractivity contribution in [2.24, 2.45) is 0 Å². The number of carbonyl (C=O) groups is 3. The number of nitrogens with one attached hydrogen (secondary N) is 1. The van der Waals surface area contributed by atoms with Gasteiger partial charge in [-0.05, 0) is 30.7 Å². The van der Waals surface area contributed by atoms with Crippen molar-refractivity contribution in [3.8, 4) is 0 Å². The minimum Gasteiger partial charge on any atom is -0.295 e. The van der Waals surface area contributed by atoms with Crippen molar-refractivity contribution in [2.45, 2.75) is 30.8 Å². The number of amides is 3. The van der Waals surface area contributed by atoms with Gasteiger partial charge in [-0.15, -0.1) is 10.2 Å². The Kier molecular flexibility index (Phi) is 6.57. The average Bonchev–Trinajstić information content (AvgIpc) is 3.29. The number of rotatable bonds is 8. The molecule has 0 saturated carbocycles. The van der Waals surface area contributed by atoms with Crippen molar-refractivity contribution >= 4 is 47.0 Å². The Hall–Kier alpha value is -3.17. The molecule has 0 bridgehead atoms. The van der Waals surface area contributed by atoms with E-state index in [1.54, 1.807) is 28.8 Å². The summed E-state index contributed by atoms with van der Waals surface area (Å²) in [5.41, 5.74) is 1.71. The van der Waals surface area contributed by atoms with E-state index in [0.29, 0.717) is 39.6 Å². The highest BCUT2D eigenvalue weighted by Crippen LogP contribution is 2.27. The predicted octanol–water partition coefficient (Wildman–Crippen LogP) is 3.87. The maximum absolute atomic E-state index is 12.5. The summed E-state index contributed by atoms with van der Waals surface area (Å²) in [6.07, 6.45) is -0.0376. The molecule has 32 heavy (non-hydrogen) atoms. The molecule has 1 N–H and O–H groups in total. The lowest BCUT2D eigenvalue weighted by atomic mass is 10.1. The Morgan fingerprint density at radius 3 is 2.34 bits per heavy atom. The molecule has 0 fully saturated rings. The Labute approximate surface area is 194 Å². The largest absolute Gasteiger partial charge is 0.295 e. The molecule has 10 heteroatoms. The summed E-state index contributed by atoms with van der Waals surface area (Å²) in [6.45, 7) is 2.48. The van der Waals surface area contributed by atoms with E-state index in [9.17, 15) is 14.4 Å². The first-order valence-corrected chi connectivity index (χ1v) is 11.4. The molecule has 0 saturated heterocycles. The Morgan fingerprint density at radius 2 is 1.69 bits per heavy atom. The van der Waals surface area contributed by atoms with Gasteiger partial charge in [0.1, 0.15) is 0 Å². The number of anilines is 1. The zero-order valence-electron chi connectivity index (χ0n) is 17.2. The summed E-state index contributed by atoms with van der Waals surface area (Å²) in [4.78, 5) is 38.4. The van der Waals surface area contributed by atoms with Gasteiger partial charge in [-0.3, -0.25) is 29.2 Å². The average molecular weight is 470 g/mol. The van der Waals surface area contributed by atoms with E-state index in [4.69, 9.17) is 11.6 Å². The molecule has 3 aromatic rings. The summed E-state index contributed by atoms with van der Waals surface area (Å²) < 4.78 is 1.79. The van der Waals surface area contributed by atoms with E-state index in [1.807, 2.05) is 31.2 Å². The highest BCUT2D eigenvalue weighted by Gasteiger charge is 2.35. The lowest BCUT2D eigenvalue weighted by Gasteiger charge is -2.13. The fourth-order valence-corrected chi connectivity index (χ4v) is 4.66. The second-order valence-corrected chi connectivity index (χ2v) is 8.39. The fraction of sp³-hybridized carbons (Fsp3) is 0.227. The van der Waals surface area contributed by atoms with Crippen LogP contribution >= 0.6 is 23.4 Å². The molecule has 0 radical (unpaired) electrons. The van der Waals surface area contributed by atoms with E-state index in [2.05, 4.69) is 15.5 Å². The number of halogens is 1. The van der Waals surface area contributed by atoms with Gasteiger partial charge in [-0.2, -0.15) is 0 Å². The maximum atomic E-state index is 12.5. The van der Waals surface area contributed by atoms with Crippen LogP contribution in [0.3, 0.4) is 0 Å². The first kappa shape index (κ1) is 22.0. The Morgan fingerprint density at radius 1 is 1.03 bits per heavy atom. The van der Waals surface area contributed by atoms with E-state index in [0.717, 1.165) is 10.5 Å². The van der Waals surface area contributed by atoms with Crippen molar-refractivity contribution in [2.75, 3.05) is 11.9 Å². The molecule has 1 aliphatic rings. The van der Waals surface area contributed by atoms with Gasteiger partial charge in [0.2, 0.25) is 11.9 Å². The Balaban J connectivity index is 1.36. The van der Waals surface area contributed by atoms with Crippen LogP contribution in [0.1, 0.15) is 39.6 Å². The molecular weight excluding hydrogens is 450 g/mol. The van der Waals surface area contributed by atoms with Crippen LogP contribution in [0.15, 0.2) is 53.7 Å². The van der Waals surface area contributed by atoms with Gasteiger partial charge in [0, 0.05) is 30.3 Å². The molecule has 0 atom stereocenters. The van der Waals surface area contributed by atoms with E-state index in [1.165, 1.54) is 11.8 Å². The molecule has 8 nitrogen and oxygen atoms in total. The maximum Gasteiger partial charge on any atom is 0.261 e. The van der Waals surface area contributed by atoms with Crippen LogP contribution in [0.5, 0.6) is 0 Å². The topological polar surface area (TPSA) is 97.2 Å². The van der Waals surface area contributed by atoms with Crippen molar-refractivity contribution in [1.29, 1.82) is 0 Å². The first-order valence-electron chi connectivity index (χ1n) is 10.0. The third kappa shape index (κ3) is 4.39. The number of fused-ring (bicyclic) bond motifs is 1. The molecule has 3 amide bonds. The minimum absolute atomic E-state index is 0.00739. The monoisotopic (exact) mass is 469 g/mol. The van der Waals surface area contributed by atoms with Crippen LogP contribution in [-0.4, -0.2) is 43.9 Å². The standard InChI is InChI=1S/C22H20ClN5O3S/c1-2-27-21(25-26-22(27)32-13-14-7-3-6-10-17(14)23)24-18(29)11-12-28-19(30)15-8-4-5-9-16(15)20(28)31/h3-10H,2,11-13H2,1H3,(H,24,25,29). The Bertz CT molecular complexity index is 1160. The third-order valence-corrected chi connectivity index (χ3v) is 6.42. The second-order valence-electron chi connectivity index (χ2n) is 7.04. The van der Waals surface area contributed by atoms with Crippen LogP contribution in [0.25, 0.3) is 0 Å². The van der Waals surface area contributed by atoms with Gasteiger partial charge in [-0.1, -0.05) is 53.7 Å². The zero-order chi connectivity index (χ0) is 22.7. The van der Waals surface area contributed by atoms with E-state index in [-0.39, 0.29) is 30.7 Å². The highest BCUT2D eigenvalue weighted by atomic mass is 35.5. The number of imide groups is 1. The predicted molar refractivity (Wildman–Crippen MR) is 122 cm³/mol. The minimum atomic E-state index is -0.381. The summed E-state index contributed by atoms with van der Waals surface area (Å²) in [5, 5.41) is 12.3. The van der Waals surface area contributed by atoms with Gasteiger partial charge < -0.3 is 0 Å². The summed E-state index contributed by atoms with van der Waals surface area (Å²) >= 11 is 7.68. The number of hydrogen-bond acceptors (Lipinski definition) is 6. The van der Waals surface area contributed by atoms with E-state index >= 15 is 0 Å². The van der Waals surface area contributed by atoms with Gasteiger partial charge in [0.05, 0.1) is 11.1 Å². The number of carbonyl (C=O) groups excluding carboxylic acids is 3. The van der Waals surface area contributed by atoms with Gasteiger partial charge in [0.25, 0.3) is 11.8 Å². The van der Waals surface area contributed by atoms with Crippen molar-refractivity contribution in [3.63, 3.8) is 0 Å². The lowest BCUT2D eigenvalue weighted by molar-refractivity contribution is -0.116. The van der Waals surface area contributed by atoms with Crippen molar-refractivity contribution < 1.29 is 14.4 Å². The summed E-state index contributed by atoms with van der Waals surface area (Å²) in [7, 11) is 0. The molecule has 1 aromatic heterocycles. The highest BCUT2D eigenvalue weighted by molar-refractivity contribution is 7.98. The normalized spacial score (nSPS) is 12.9. The van der Waals surface area contributed by atoms with Crippen molar-refractivity contribution in [3.05, 3.63) is 70.2 Å². The number of nitrogens with zero attached hydrogens (tertiary/aromatic N) is 4. The van der Waals surface area contributed by atoms with Gasteiger partial charge in [-0.25, -0.2) is 0 Å². The van der Waals surface area contributed by atoms with Crippen LogP contribution < -0.4 is 5.32 Å². The fourth-order valence-electron chi connectivity index (χ4n) is 3.37. The lowest BCUT2D eigenvalue weighted by Crippen LogP contribution is -2.33. The number of aromatic nitrogens is 3. The van der Waals surface area contributed by atoms with Crippen LogP contribution in [0, 0.1) is 0 Å². The van der Waals surface area contributed by atoms with Gasteiger partial charge in [0.15, 0.2) is 5.16 Å². The first-order chi connectivity index (χ1) is 15.5. The third-order valence-electron chi connectivity index (χ3n) is 5.04. The molecule has 164 valence electrons. The number of benzene rings is 2. The van der Waals surface area contributed by atoms with Crippen molar-refractivity contribution in [1.82, 2.24) is 19.7 Å². The molecule has 0 unspecified atom stereocenters. The van der Waals surface area contributed by atoms with Gasteiger partial charge >= 0.3 is 0 Å². The van der Waals surface area contributed by atoms with E-state index < -0.39 is 0 Å². The summed E-state index contributed by atoms with van der Waals surface area (Å²) in [6, 6.07) is 14.2. The molecule has 4 rings (SSSR count). The molecule has 1 aliphatic heterocycles. The number of hydrogen-bond donors (Lipinski definition) is 1. The molecule has 0 spiro atoms. The SMILES string of the molecule is CCn1c(NC(=O)CCN2C(=O)c3ccccc3C2=O)nnc1SCc1ccccc1Cl. The summed E-state index contributed by atoms with van der Waals surface area (Å²) in [5.74, 6) is -0.180. The smallest absolute Gasteiger partial charge is 0.261 e. The molecular formula is C22H20ClN5O3S. The molecule has 2 aromatic carbocycles. The molecule has 2 heterocycles. The zero-order valence-corrected chi connectivity index (χ0v) is 18.8. The quantitative estimate of drug-likeness (QED) is 0.397. The molecule has 0 aliphatic carbocycles.